The second-order valence-electron chi connectivity index (χ2n) is 5.23. The smallest absolute Gasteiger partial charge is 0.0319 e. The van der Waals surface area contributed by atoms with E-state index in [0.717, 1.165) is 6.54 Å². The quantitative estimate of drug-likeness (QED) is 0.833. The van der Waals surface area contributed by atoms with Gasteiger partial charge in [-0.25, -0.2) is 0 Å². The molecule has 0 aliphatic carbocycles. The lowest BCUT2D eigenvalue weighted by molar-refractivity contribution is 0.171. The zero-order valence-corrected chi connectivity index (χ0v) is 13.5. The van der Waals surface area contributed by atoms with Crippen molar-refractivity contribution < 1.29 is 0 Å². The van der Waals surface area contributed by atoms with Crippen LogP contribution in [0.5, 0.6) is 0 Å². The van der Waals surface area contributed by atoms with Crippen LogP contribution in [-0.4, -0.2) is 31.1 Å². The summed E-state index contributed by atoms with van der Waals surface area (Å²) < 4.78 is 1.31. The maximum atomic E-state index is 3.49. The molecule has 0 amide bonds. The van der Waals surface area contributed by atoms with E-state index in [1.54, 1.807) is 0 Å². The molecule has 1 aromatic carbocycles. The normalized spacial score (nSPS) is 22.8. The molecule has 0 bridgehead atoms. The molecule has 1 fully saturated rings. The van der Waals surface area contributed by atoms with E-state index in [1.165, 1.54) is 34.9 Å². The maximum absolute atomic E-state index is 3.49. The molecular formula is C15H23IN2. The molecule has 2 rings (SSSR count). The average Bonchev–Trinajstić information content (AvgIpc) is 2.67. The number of nitrogens with one attached hydrogen (secondary N) is 1. The van der Waals surface area contributed by atoms with Gasteiger partial charge in [0.25, 0.3) is 0 Å². The van der Waals surface area contributed by atoms with E-state index in [2.05, 4.69) is 71.0 Å². The maximum Gasteiger partial charge on any atom is 0.0319 e. The molecular weight excluding hydrogens is 335 g/mol. The van der Waals surface area contributed by atoms with Gasteiger partial charge in [-0.3, -0.25) is 4.90 Å². The number of hydrogen-bond donors (Lipinski definition) is 1. The van der Waals surface area contributed by atoms with Crippen LogP contribution in [0.4, 0.5) is 0 Å². The summed E-state index contributed by atoms with van der Waals surface area (Å²) in [7, 11) is 2.28. The first-order valence-electron chi connectivity index (χ1n) is 6.86. The number of benzene rings is 1. The van der Waals surface area contributed by atoms with Gasteiger partial charge in [0.1, 0.15) is 0 Å². The van der Waals surface area contributed by atoms with Crippen LogP contribution in [0.25, 0.3) is 0 Å². The average molecular weight is 358 g/mol. The Balaban J connectivity index is 2.02. The minimum Gasteiger partial charge on any atom is -0.317 e. The van der Waals surface area contributed by atoms with Crippen molar-refractivity contribution in [2.45, 2.75) is 38.3 Å². The summed E-state index contributed by atoms with van der Waals surface area (Å²) in [6.07, 6.45) is 3.89. The highest BCUT2D eigenvalue weighted by molar-refractivity contribution is 14.1. The number of nitrogens with zero attached hydrogens (tertiary/aromatic N) is 1. The van der Waals surface area contributed by atoms with Gasteiger partial charge in [-0.2, -0.15) is 0 Å². The number of hydrogen-bond acceptors (Lipinski definition) is 2. The molecule has 100 valence electrons. The summed E-state index contributed by atoms with van der Waals surface area (Å²) in [5.41, 5.74) is 1.43. The van der Waals surface area contributed by atoms with E-state index >= 15 is 0 Å². The molecule has 1 N–H and O–H groups in total. The summed E-state index contributed by atoms with van der Waals surface area (Å²) in [4.78, 5) is 2.55. The highest BCUT2D eigenvalue weighted by Gasteiger charge is 2.21. The van der Waals surface area contributed by atoms with E-state index in [1.807, 2.05) is 0 Å². The van der Waals surface area contributed by atoms with Crippen LogP contribution in [0, 0.1) is 3.57 Å². The third-order valence-electron chi connectivity index (χ3n) is 4.08. The highest BCUT2D eigenvalue weighted by atomic mass is 127. The van der Waals surface area contributed by atoms with Crippen LogP contribution < -0.4 is 5.32 Å². The Kier molecular flexibility index (Phi) is 5.45. The summed E-state index contributed by atoms with van der Waals surface area (Å²) in [5.74, 6) is 0. The van der Waals surface area contributed by atoms with Crippen molar-refractivity contribution in [3.8, 4) is 0 Å². The van der Waals surface area contributed by atoms with Gasteiger partial charge in [-0.15, -0.1) is 0 Å². The van der Waals surface area contributed by atoms with Gasteiger partial charge in [0.2, 0.25) is 0 Å². The van der Waals surface area contributed by atoms with Gasteiger partial charge in [0.15, 0.2) is 0 Å². The Hall–Kier alpha value is -0.130. The van der Waals surface area contributed by atoms with Gasteiger partial charge in [-0.05, 0) is 86.6 Å². The summed E-state index contributed by atoms with van der Waals surface area (Å²) in [6, 6.07) is 10.2. The molecule has 0 radical (unpaired) electrons. The van der Waals surface area contributed by atoms with Gasteiger partial charge >= 0.3 is 0 Å². The largest absolute Gasteiger partial charge is 0.317 e. The molecule has 18 heavy (non-hydrogen) atoms. The second kappa shape index (κ2) is 6.87. The van der Waals surface area contributed by atoms with Crippen LogP contribution in [0.15, 0.2) is 24.3 Å². The van der Waals surface area contributed by atoms with E-state index in [9.17, 15) is 0 Å². The van der Waals surface area contributed by atoms with Crippen molar-refractivity contribution >= 4 is 22.6 Å². The van der Waals surface area contributed by atoms with Crippen molar-refractivity contribution in [1.82, 2.24) is 10.2 Å². The standard InChI is InChI=1S/C15H23IN2/c1-12(13-5-7-14(16)8-6-13)18(2)15-4-3-10-17-11-9-15/h5-8,12,15,17H,3-4,9-11H2,1-2H3. The number of halogens is 1. The van der Waals surface area contributed by atoms with Gasteiger partial charge in [0.05, 0.1) is 0 Å². The zero-order valence-electron chi connectivity index (χ0n) is 11.3. The Labute approximate surface area is 124 Å². The fraction of sp³-hybridized carbons (Fsp3) is 0.600. The molecule has 2 nitrogen and oxygen atoms in total. The Bertz CT molecular complexity index is 355. The SMILES string of the molecule is CC(c1ccc(I)cc1)N(C)C1CCCNCC1. The summed E-state index contributed by atoms with van der Waals surface area (Å²) >= 11 is 2.36. The van der Waals surface area contributed by atoms with Crippen molar-refractivity contribution in [3.05, 3.63) is 33.4 Å². The lowest BCUT2D eigenvalue weighted by Crippen LogP contribution is -2.34. The lowest BCUT2D eigenvalue weighted by Gasteiger charge is -2.32. The van der Waals surface area contributed by atoms with Crippen molar-refractivity contribution in [2.75, 3.05) is 20.1 Å². The van der Waals surface area contributed by atoms with Crippen LogP contribution in [0.3, 0.4) is 0 Å². The Morgan fingerprint density at radius 2 is 1.94 bits per heavy atom. The third-order valence-corrected chi connectivity index (χ3v) is 4.80. The third kappa shape index (κ3) is 3.68. The minimum absolute atomic E-state index is 0.505. The molecule has 2 atom stereocenters. The molecule has 0 aromatic heterocycles. The van der Waals surface area contributed by atoms with Gasteiger partial charge in [0, 0.05) is 15.7 Å². The fourth-order valence-corrected chi connectivity index (χ4v) is 3.06. The van der Waals surface area contributed by atoms with Gasteiger partial charge in [-0.1, -0.05) is 12.1 Å². The lowest BCUT2D eigenvalue weighted by atomic mass is 10.0. The first-order valence-corrected chi connectivity index (χ1v) is 7.94. The Morgan fingerprint density at radius 3 is 2.67 bits per heavy atom. The Morgan fingerprint density at radius 1 is 1.22 bits per heavy atom. The van der Waals surface area contributed by atoms with Crippen molar-refractivity contribution in [3.63, 3.8) is 0 Å². The predicted molar refractivity (Wildman–Crippen MR) is 85.8 cm³/mol. The highest BCUT2D eigenvalue weighted by Crippen LogP contribution is 2.25. The first kappa shape index (κ1) is 14.3. The fourth-order valence-electron chi connectivity index (χ4n) is 2.70. The topological polar surface area (TPSA) is 15.3 Å². The predicted octanol–water partition coefficient (Wildman–Crippen LogP) is 3.43. The molecule has 1 heterocycles. The first-order chi connectivity index (χ1) is 8.68. The van der Waals surface area contributed by atoms with Crippen molar-refractivity contribution in [2.24, 2.45) is 0 Å². The molecule has 1 aliphatic heterocycles. The molecule has 3 heteroatoms. The van der Waals surface area contributed by atoms with E-state index in [4.69, 9.17) is 0 Å². The monoisotopic (exact) mass is 358 g/mol. The summed E-state index contributed by atoms with van der Waals surface area (Å²) in [6.45, 7) is 4.66. The molecule has 0 saturated carbocycles. The van der Waals surface area contributed by atoms with Crippen molar-refractivity contribution in [1.29, 1.82) is 0 Å². The van der Waals surface area contributed by atoms with Crippen LogP contribution in [-0.2, 0) is 0 Å². The van der Waals surface area contributed by atoms with Crippen LogP contribution in [0.1, 0.15) is 37.8 Å². The molecule has 1 saturated heterocycles. The minimum atomic E-state index is 0.505. The second-order valence-corrected chi connectivity index (χ2v) is 6.47. The van der Waals surface area contributed by atoms with E-state index < -0.39 is 0 Å². The van der Waals surface area contributed by atoms with E-state index in [-0.39, 0.29) is 0 Å². The number of rotatable bonds is 3. The molecule has 0 spiro atoms. The molecule has 2 unspecified atom stereocenters. The molecule has 1 aliphatic rings. The molecule has 1 aromatic rings. The van der Waals surface area contributed by atoms with Gasteiger partial charge < -0.3 is 5.32 Å². The van der Waals surface area contributed by atoms with Crippen LogP contribution >= 0.6 is 22.6 Å². The van der Waals surface area contributed by atoms with E-state index in [0.29, 0.717) is 12.1 Å². The summed E-state index contributed by atoms with van der Waals surface area (Å²) in [5, 5.41) is 3.49. The van der Waals surface area contributed by atoms with Crippen LogP contribution in [0.2, 0.25) is 0 Å². The zero-order chi connectivity index (χ0) is 13.0.